The van der Waals surface area contributed by atoms with Gasteiger partial charge in [0.2, 0.25) is 0 Å². The Bertz CT molecular complexity index is 1760. The highest BCUT2D eigenvalue weighted by Crippen LogP contribution is 2.45. The average Bonchev–Trinajstić information content (AvgIpc) is 3.00. The van der Waals surface area contributed by atoms with Crippen molar-refractivity contribution < 1.29 is 0 Å². The number of rotatable bonds is 7. The fraction of sp³-hybridized carbons (Fsp3) is 0.256. The number of allylic oxidation sites excluding steroid dienone is 8. The summed E-state index contributed by atoms with van der Waals surface area (Å²) < 4.78 is 0. The molecule has 0 spiro atoms. The van der Waals surface area contributed by atoms with Crippen LogP contribution in [-0.4, -0.2) is 0 Å². The lowest BCUT2D eigenvalue weighted by molar-refractivity contribution is 0.490. The van der Waals surface area contributed by atoms with Crippen LogP contribution in [0.25, 0.3) is 0 Å². The molecule has 0 fully saturated rings. The Hall–Kier alpha value is -4.56. The summed E-state index contributed by atoms with van der Waals surface area (Å²) in [5.41, 5.74) is 17.0. The molecule has 45 heavy (non-hydrogen) atoms. The highest BCUT2D eigenvalue weighted by molar-refractivity contribution is 5.72. The van der Waals surface area contributed by atoms with Crippen LogP contribution in [-0.2, 0) is 0 Å². The molecule has 0 saturated heterocycles. The number of benzene rings is 4. The predicted octanol–water partition coefficient (Wildman–Crippen LogP) is 12.0. The van der Waals surface area contributed by atoms with E-state index in [2.05, 4.69) is 174 Å². The zero-order valence-electron chi connectivity index (χ0n) is 27.9. The van der Waals surface area contributed by atoms with E-state index in [-0.39, 0.29) is 0 Å². The molecular weight excluding hydrogens is 544 g/mol. The van der Waals surface area contributed by atoms with Crippen molar-refractivity contribution in [3.8, 4) is 0 Å². The summed E-state index contributed by atoms with van der Waals surface area (Å²) in [6.45, 7) is 15.8. The minimum atomic E-state index is 0.354. The fourth-order valence-corrected chi connectivity index (χ4v) is 7.06. The summed E-state index contributed by atoms with van der Waals surface area (Å²) in [6, 6.07) is 35.5. The Morgan fingerprint density at radius 3 is 1.38 bits per heavy atom. The molecule has 228 valence electrons. The Labute approximate surface area is 270 Å². The Kier molecular flexibility index (Phi) is 8.67. The Balaban J connectivity index is 1.40. The van der Waals surface area contributed by atoms with Crippen LogP contribution in [0, 0.1) is 39.5 Å². The first-order valence-corrected chi connectivity index (χ1v) is 16.4. The summed E-state index contributed by atoms with van der Waals surface area (Å²) in [5, 5.41) is 0. The lowest BCUT2D eigenvalue weighted by Crippen LogP contribution is -2.29. The summed E-state index contributed by atoms with van der Waals surface area (Å²) in [6.07, 6.45) is 9.28. The van der Waals surface area contributed by atoms with E-state index in [0.717, 1.165) is 12.8 Å². The molecule has 0 radical (unpaired) electrons. The zero-order chi connectivity index (χ0) is 31.7. The van der Waals surface area contributed by atoms with E-state index >= 15 is 0 Å². The van der Waals surface area contributed by atoms with Gasteiger partial charge in [0.05, 0.1) is 0 Å². The molecule has 4 aromatic rings. The first-order valence-electron chi connectivity index (χ1n) is 16.4. The van der Waals surface area contributed by atoms with E-state index in [1.807, 2.05) is 0 Å². The number of hydrogen-bond donors (Lipinski definition) is 0. The van der Waals surface area contributed by atoms with Crippen LogP contribution >= 0.6 is 0 Å². The first kappa shape index (κ1) is 30.5. The quantitative estimate of drug-likeness (QED) is 0.211. The van der Waals surface area contributed by atoms with Crippen molar-refractivity contribution in [2.75, 3.05) is 9.80 Å². The Morgan fingerprint density at radius 2 is 0.956 bits per heavy atom. The lowest BCUT2D eigenvalue weighted by Gasteiger charge is -2.38. The number of nitrogens with zero attached hydrogens (tertiary/aromatic N) is 2. The highest BCUT2D eigenvalue weighted by atomic mass is 15.2. The van der Waals surface area contributed by atoms with Crippen molar-refractivity contribution in [1.82, 2.24) is 0 Å². The zero-order valence-corrected chi connectivity index (χ0v) is 27.9. The van der Waals surface area contributed by atoms with E-state index < -0.39 is 0 Å². The molecule has 4 aromatic carbocycles. The van der Waals surface area contributed by atoms with Crippen LogP contribution in [0.5, 0.6) is 0 Å². The SMILES string of the molecule is CC1=C(C2=CC=C(N(c3cccc(C)c3)c3cccc(C)c3)C(C)C2C)CCC(N(c2cccc(C)c2)c2cccc(C)c2)=C1. The van der Waals surface area contributed by atoms with E-state index in [4.69, 9.17) is 0 Å². The van der Waals surface area contributed by atoms with E-state index in [1.54, 1.807) is 0 Å². The van der Waals surface area contributed by atoms with Crippen molar-refractivity contribution >= 4 is 22.7 Å². The summed E-state index contributed by atoms with van der Waals surface area (Å²) in [7, 11) is 0. The third-order valence-corrected chi connectivity index (χ3v) is 9.56. The van der Waals surface area contributed by atoms with Gasteiger partial charge in [0.15, 0.2) is 0 Å². The summed E-state index contributed by atoms with van der Waals surface area (Å²) >= 11 is 0. The predicted molar refractivity (Wildman–Crippen MR) is 194 cm³/mol. The van der Waals surface area contributed by atoms with Gasteiger partial charge in [-0.3, -0.25) is 0 Å². The van der Waals surface area contributed by atoms with E-state index in [9.17, 15) is 0 Å². The maximum Gasteiger partial charge on any atom is 0.0461 e. The van der Waals surface area contributed by atoms with Gasteiger partial charge in [-0.15, -0.1) is 0 Å². The van der Waals surface area contributed by atoms with Crippen LogP contribution < -0.4 is 9.80 Å². The standard InChI is InChI=1S/C43H46N2/c1-29-12-8-16-36(24-29)44(37-17-9-13-30(2)25-37)40-20-21-41(33(5)28-40)42-22-23-43(35(7)34(42)6)45(38-18-10-14-31(3)26-38)39-19-11-15-32(4)27-39/h8-19,22-28,34-35H,20-21H2,1-7H3. The molecule has 0 N–H and O–H groups in total. The molecule has 2 heteroatoms. The van der Waals surface area contributed by atoms with Gasteiger partial charge in [0.25, 0.3) is 0 Å². The molecular formula is C43H46N2. The van der Waals surface area contributed by atoms with Crippen molar-refractivity contribution in [1.29, 1.82) is 0 Å². The number of hydrogen-bond acceptors (Lipinski definition) is 2. The minimum Gasteiger partial charge on any atom is -0.314 e. The molecule has 0 aliphatic heterocycles. The summed E-state index contributed by atoms with van der Waals surface area (Å²) in [4.78, 5) is 4.93. The highest BCUT2D eigenvalue weighted by Gasteiger charge is 2.31. The largest absolute Gasteiger partial charge is 0.314 e. The number of anilines is 4. The topological polar surface area (TPSA) is 6.48 Å². The molecule has 2 unspecified atom stereocenters. The van der Waals surface area contributed by atoms with Gasteiger partial charge in [0, 0.05) is 40.1 Å². The van der Waals surface area contributed by atoms with Crippen molar-refractivity contribution in [2.24, 2.45) is 11.8 Å². The van der Waals surface area contributed by atoms with Crippen LogP contribution in [0.1, 0.15) is 55.9 Å². The van der Waals surface area contributed by atoms with Crippen LogP contribution in [0.3, 0.4) is 0 Å². The second kappa shape index (κ2) is 12.8. The molecule has 0 heterocycles. The van der Waals surface area contributed by atoms with Crippen molar-refractivity contribution in [3.05, 3.63) is 166 Å². The first-order chi connectivity index (χ1) is 21.7. The van der Waals surface area contributed by atoms with Gasteiger partial charge in [-0.05, 0) is 153 Å². The molecule has 2 aliphatic carbocycles. The third kappa shape index (κ3) is 6.33. The second-order valence-electron chi connectivity index (χ2n) is 13.1. The molecule has 0 aromatic heterocycles. The smallest absolute Gasteiger partial charge is 0.0461 e. The molecule has 0 saturated carbocycles. The van der Waals surface area contributed by atoms with Crippen LogP contribution in [0.4, 0.5) is 22.7 Å². The van der Waals surface area contributed by atoms with Crippen LogP contribution in [0.2, 0.25) is 0 Å². The molecule has 0 bridgehead atoms. The van der Waals surface area contributed by atoms with Crippen molar-refractivity contribution in [2.45, 2.75) is 61.3 Å². The maximum atomic E-state index is 2.47. The minimum absolute atomic E-state index is 0.354. The molecule has 0 amide bonds. The summed E-state index contributed by atoms with van der Waals surface area (Å²) in [5.74, 6) is 0.749. The normalized spacial score (nSPS) is 18.2. The van der Waals surface area contributed by atoms with Gasteiger partial charge in [0.1, 0.15) is 0 Å². The Morgan fingerprint density at radius 1 is 0.511 bits per heavy atom. The fourth-order valence-electron chi connectivity index (χ4n) is 7.06. The monoisotopic (exact) mass is 590 g/mol. The average molecular weight is 591 g/mol. The van der Waals surface area contributed by atoms with Crippen LogP contribution in [0.15, 0.2) is 143 Å². The molecule has 2 aliphatic rings. The molecule has 2 atom stereocenters. The maximum absolute atomic E-state index is 2.47. The van der Waals surface area contributed by atoms with E-state index in [0.29, 0.717) is 11.8 Å². The second-order valence-corrected chi connectivity index (χ2v) is 13.1. The number of aryl methyl sites for hydroxylation is 4. The van der Waals surface area contributed by atoms with Gasteiger partial charge in [-0.1, -0.05) is 68.5 Å². The molecule has 2 nitrogen and oxygen atoms in total. The van der Waals surface area contributed by atoms with Crippen molar-refractivity contribution in [3.63, 3.8) is 0 Å². The molecule has 6 rings (SSSR count). The lowest BCUT2D eigenvalue weighted by atomic mass is 9.75. The van der Waals surface area contributed by atoms with Gasteiger partial charge in [-0.25, -0.2) is 0 Å². The third-order valence-electron chi connectivity index (χ3n) is 9.56. The van der Waals surface area contributed by atoms with E-state index in [1.165, 1.54) is 73.1 Å². The van der Waals surface area contributed by atoms with Gasteiger partial charge >= 0.3 is 0 Å². The van der Waals surface area contributed by atoms with Gasteiger partial charge in [-0.2, -0.15) is 0 Å². The van der Waals surface area contributed by atoms with Gasteiger partial charge < -0.3 is 9.80 Å².